The van der Waals surface area contributed by atoms with Crippen molar-refractivity contribution in [3.8, 4) is 0 Å². The van der Waals surface area contributed by atoms with Gasteiger partial charge in [0.2, 0.25) is 5.82 Å². The Morgan fingerprint density at radius 2 is 2.05 bits per heavy atom. The fourth-order valence-corrected chi connectivity index (χ4v) is 2.66. The lowest BCUT2D eigenvalue weighted by atomic mass is 9.82. The molecule has 1 fully saturated rings. The van der Waals surface area contributed by atoms with Gasteiger partial charge in [0.15, 0.2) is 0 Å². The van der Waals surface area contributed by atoms with Crippen LogP contribution in [0.15, 0.2) is 18.2 Å². The number of halogens is 3. The number of nitrogens with two attached hydrogens (primary N) is 1. The lowest BCUT2D eigenvalue weighted by Crippen LogP contribution is -2.32. The maximum absolute atomic E-state index is 13.1. The van der Waals surface area contributed by atoms with Gasteiger partial charge in [-0.05, 0) is 37.0 Å². The molecule has 0 amide bonds. The monoisotopic (exact) mass is 285 g/mol. The van der Waals surface area contributed by atoms with Gasteiger partial charge in [-0.1, -0.05) is 0 Å². The van der Waals surface area contributed by atoms with Crippen LogP contribution >= 0.6 is 0 Å². The molecule has 0 saturated heterocycles. The minimum absolute atomic E-state index is 0.0565. The number of benzene rings is 1. The smallest absolute Gasteiger partial charge is 0.399 e. The SMILES string of the molecule is Nc1ccc2c(c1)nc(C(F)(F)F)n2CC1CC(O)C1. The summed E-state index contributed by atoms with van der Waals surface area (Å²) in [6, 6.07) is 4.56. The number of hydrogen-bond donors (Lipinski definition) is 2. The zero-order chi connectivity index (χ0) is 14.5. The molecule has 108 valence electrons. The van der Waals surface area contributed by atoms with Gasteiger partial charge in [0.25, 0.3) is 0 Å². The maximum Gasteiger partial charge on any atom is 0.449 e. The van der Waals surface area contributed by atoms with Crippen molar-refractivity contribution in [1.82, 2.24) is 9.55 Å². The molecule has 1 aliphatic rings. The molecule has 1 aromatic heterocycles. The second-order valence-electron chi connectivity index (χ2n) is 5.28. The van der Waals surface area contributed by atoms with E-state index in [1.165, 1.54) is 10.6 Å². The Labute approximate surface area is 113 Å². The maximum atomic E-state index is 13.1. The van der Waals surface area contributed by atoms with Crippen molar-refractivity contribution < 1.29 is 18.3 Å². The van der Waals surface area contributed by atoms with Crippen molar-refractivity contribution in [3.63, 3.8) is 0 Å². The van der Waals surface area contributed by atoms with E-state index >= 15 is 0 Å². The third-order valence-corrected chi connectivity index (χ3v) is 3.68. The number of fused-ring (bicyclic) bond motifs is 1. The average Bonchev–Trinajstić information content (AvgIpc) is 2.65. The molecular formula is C13H14F3N3O. The first-order valence-electron chi connectivity index (χ1n) is 6.35. The summed E-state index contributed by atoms with van der Waals surface area (Å²) in [5.74, 6) is -0.847. The van der Waals surface area contributed by atoms with E-state index in [0.717, 1.165) is 0 Å². The number of aliphatic hydroxyl groups excluding tert-OH is 1. The molecule has 0 spiro atoms. The van der Waals surface area contributed by atoms with E-state index in [9.17, 15) is 18.3 Å². The Hall–Kier alpha value is -1.76. The fraction of sp³-hybridized carbons (Fsp3) is 0.462. The van der Waals surface area contributed by atoms with Crippen LogP contribution in [0, 0.1) is 5.92 Å². The third-order valence-electron chi connectivity index (χ3n) is 3.68. The molecule has 1 heterocycles. The third kappa shape index (κ3) is 2.22. The molecule has 0 radical (unpaired) electrons. The van der Waals surface area contributed by atoms with Crippen molar-refractivity contribution >= 4 is 16.7 Å². The van der Waals surface area contributed by atoms with Crippen LogP contribution in [0.2, 0.25) is 0 Å². The van der Waals surface area contributed by atoms with Crippen molar-refractivity contribution in [2.45, 2.75) is 31.7 Å². The highest BCUT2D eigenvalue weighted by atomic mass is 19.4. The van der Waals surface area contributed by atoms with Gasteiger partial charge in [-0.3, -0.25) is 0 Å². The van der Waals surface area contributed by atoms with Gasteiger partial charge in [-0.2, -0.15) is 13.2 Å². The molecular weight excluding hydrogens is 271 g/mol. The predicted molar refractivity (Wildman–Crippen MR) is 67.9 cm³/mol. The number of nitrogens with zero attached hydrogens (tertiary/aromatic N) is 2. The first-order chi connectivity index (χ1) is 9.34. The van der Waals surface area contributed by atoms with Gasteiger partial charge >= 0.3 is 6.18 Å². The summed E-state index contributed by atoms with van der Waals surface area (Å²) in [6.07, 6.45) is -3.83. The summed E-state index contributed by atoms with van der Waals surface area (Å²) in [5, 5.41) is 9.26. The van der Waals surface area contributed by atoms with Crippen LogP contribution in [0.25, 0.3) is 11.0 Å². The number of rotatable bonds is 2. The predicted octanol–water partition coefficient (Wildman–Crippen LogP) is 2.41. The first-order valence-corrected chi connectivity index (χ1v) is 6.35. The lowest BCUT2D eigenvalue weighted by Gasteiger charge is -2.32. The zero-order valence-corrected chi connectivity index (χ0v) is 10.6. The van der Waals surface area contributed by atoms with Crippen LogP contribution in [0.1, 0.15) is 18.7 Å². The Kier molecular flexibility index (Phi) is 2.89. The molecule has 20 heavy (non-hydrogen) atoms. The minimum atomic E-state index is -4.50. The summed E-state index contributed by atoms with van der Waals surface area (Å²) >= 11 is 0. The van der Waals surface area contributed by atoms with Crippen molar-refractivity contribution in [1.29, 1.82) is 0 Å². The van der Waals surface area contributed by atoms with E-state index in [1.54, 1.807) is 12.1 Å². The molecule has 0 unspecified atom stereocenters. The van der Waals surface area contributed by atoms with Crippen LogP contribution in [-0.2, 0) is 12.7 Å². The number of anilines is 1. The van der Waals surface area contributed by atoms with E-state index < -0.39 is 12.0 Å². The molecule has 1 saturated carbocycles. The molecule has 0 bridgehead atoms. The van der Waals surface area contributed by atoms with E-state index in [0.29, 0.717) is 24.0 Å². The highest BCUT2D eigenvalue weighted by Crippen LogP contribution is 2.35. The number of hydrogen-bond acceptors (Lipinski definition) is 3. The summed E-state index contributed by atoms with van der Waals surface area (Å²) < 4.78 is 40.4. The lowest BCUT2D eigenvalue weighted by molar-refractivity contribution is -0.147. The Morgan fingerprint density at radius 3 is 2.65 bits per heavy atom. The van der Waals surface area contributed by atoms with E-state index in [4.69, 9.17) is 5.73 Å². The van der Waals surface area contributed by atoms with E-state index in [2.05, 4.69) is 4.98 Å². The van der Waals surface area contributed by atoms with Gasteiger partial charge in [0.1, 0.15) is 0 Å². The number of imidazole rings is 1. The summed E-state index contributed by atoms with van der Waals surface area (Å²) in [5.41, 5.74) is 6.64. The van der Waals surface area contributed by atoms with Gasteiger partial charge in [0, 0.05) is 12.2 Å². The van der Waals surface area contributed by atoms with E-state index in [1.807, 2.05) is 0 Å². The second kappa shape index (κ2) is 4.37. The number of alkyl halides is 3. The molecule has 1 aromatic carbocycles. The van der Waals surface area contributed by atoms with Gasteiger partial charge < -0.3 is 15.4 Å². The number of aromatic nitrogens is 2. The summed E-state index contributed by atoms with van der Waals surface area (Å²) in [4.78, 5) is 3.67. The molecule has 4 nitrogen and oxygen atoms in total. The van der Waals surface area contributed by atoms with Crippen molar-refractivity contribution in [3.05, 3.63) is 24.0 Å². The summed E-state index contributed by atoms with van der Waals surface area (Å²) in [7, 11) is 0. The minimum Gasteiger partial charge on any atom is -0.399 e. The Morgan fingerprint density at radius 1 is 1.35 bits per heavy atom. The highest BCUT2D eigenvalue weighted by molar-refractivity contribution is 5.79. The van der Waals surface area contributed by atoms with Crippen LogP contribution in [0.4, 0.5) is 18.9 Å². The van der Waals surface area contributed by atoms with Crippen molar-refractivity contribution in [2.75, 3.05) is 5.73 Å². The molecule has 3 rings (SSSR count). The Balaban J connectivity index is 2.06. The van der Waals surface area contributed by atoms with Crippen molar-refractivity contribution in [2.24, 2.45) is 5.92 Å². The second-order valence-corrected chi connectivity index (χ2v) is 5.28. The molecule has 0 aliphatic heterocycles. The van der Waals surface area contributed by atoms with Gasteiger partial charge in [-0.25, -0.2) is 4.98 Å². The van der Waals surface area contributed by atoms with Crippen LogP contribution in [0.3, 0.4) is 0 Å². The fourth-order valence-electron chi connectivity index (χ4n) is 2.66. The van der Waals surface area contributed by atoms with Gasteiger partial charge in [0.05, 0.1) is 17.1 Å². The molecule has 0 atom stereocenters. The molecule has 7 heteroatoms. The van der Waals surface area contributed by atoms with E-state index in [-0.39, 0.29) is 24.1 Å². The summed E-state index contributed by atoms with van der Waals surface area (Å²) in [6.45, 7) is 0.215. The first kappa shape index (κ1) is 13.2. The van der Waals surface area contributed by atoms with Crippen LogP contribution in [-0.4, -0.2) is 20.8 Å². The molecule has 3 N–H and O–H groups in total. The highest BCUT2D eigenvalue weighted by Gasteiger charge is 2.39. The number of aliphatic hydroxyl groups is 1. The topological polar surface area (TPSA) is 64.1 Å². The standard InChI is InChI=1S/C13H14F3N3O/c14-13(15,16)12-18-10-5-8(17)1-2-11(10)19(12)6-7-3-9(20)4-7/h1-2,5,7,9,20H,3-4,6,17H2. The largest absolute Gasteiger partial charge is 0.449 e. The Bertz CT molecular complexity index is 644. The average molecular weight is 285 g/mol. The van der Waals surface area contributed by atoms with Crippen LogP contribution in [0.5, 0.6) is 0 Å². The quantitative estimate of drug-likeness (QED) is 0.833. The van der Waals surface area contributed by atoms with Gasteiger partial charge in [-0.15, -0.1) is 0 Å². The normalized spacial score (nSPS) is 23.0. The molecule has 2 aromatic rings. The van der Waals surface area contributed by atoms with Crippen LogP contribution < -0.4 is 5.73 Å². The number of nitrogen functional groups attached to an aromatic ring is 1. The molecule has 1 aliphatic carbocycles. The zero-order valence-electron chi connectivity index (χ0n) is 10.6.